The highest BCUT2D eigenvalue weighted by atomic mass is 32.1. The Bertz CT molecular complexity index is 979. The van der Waals surface area contributed by atoms with Crippen molar-refractivity contribution in [1.29, 1.82) is 5.26 Å². The van der Waals surface area contributed by atoms with Crippen molar-refractivity contribution in [2.24, 2.45) is 11.8 Å². The Morgan fingerprint density at radius 3 is 2.47 bits per heavy atom. The molecule has 2 amide bonds. The summed E-state index contributed by atoms with van der Waals surface area (Å²) in [5.74, 6) is -0.481. The Kier molecular flexibility index (Phi) is 14.7. The number of hydrogen-bond acceptors (Lipinski definition) is 10. The van der Waals surface area contributed by atoms with E-state index in [9.17, 15) is 19.2 Å². The van der Waals surface area contributed by atoms with Crippen molar-refractivity contribution in [3.8, 4) is 6.07 Å². The molecule has 0 aromatic carbocycles. The van der Waals surface area contributed by atoms with E-state index in [0.29, 0.717) is 5.01 Å². The van der Waals surface area contributed by atoms with Crippen LogP contribution in [-0.2, 0) is 14.4 Å². The number of rotatable bonds is 11. The number of thiol groups is 1. The Labute approximate surface area is 236 Å². The fourth-order valence-electron chi connectivity index (χ4n) is 4.28. The molecule has 10 nitrogen and oxygen atoms in total. The van der Waals surface area contributed by atoms with E-state index in [1.165, 1.54) is 27.9 Å². The number of Topliss-reactive ketones (excluding diaryl/α,β-unsaturated/α-hetero) is 1. The predicted molar refractivity (Wildman–Crippen MR) is 152 cm³/mol. The summed E-state index contributed by atoms with van der Waals surface area (Å²) in [6, 6.07) is 0.640. The van der Waals surface area contributed by atoms with Gasteiger partial charge in [-0.15, -0.1) is 11.3 Å². The smallest absolute Gasteiger partial charge is 0.281 e. The third-order valence-electron chi connectivity index (χ3n) is 6.87. The average Bonchev–Trinajstić information content (AvgIpc) is 3.38. The topological polar surface area (TPSA) is 136 Å². The number of nitrogens with zero attached hydrogens (tertiary/aromatic N) is 4. The van der Waals surface area contributed by atoms with Crippen molar-refractivity contribution >= 4 is 48.0 Å². The van der Waals surface area contributed by atoms with Gasteiger partial charge in [-0.25, -0.2) is 4.98 Å². The summed E-state index contributed by atoms with van der Waals surface area (Å²) in [5, 5.41) is 16.8. The molecule has 1 aliphatic rings. The molecule has 5 unspecified atom stereocenters. The Balaban J connectivity index is 0.000000389. The first-order chi connectivity index (χ1) is 17.9. The molecule has 1 fully saturated rings. The second-order valence-corrected chi connectivity index (χ2v) is 11.2. The fourth-order valence-corrected chi connectivity index (χ4v) is 5.54. The quantitative estimate of drug-likeness (QED) is 0.161. The van der Waals surface area contributed by atoms with Crippen LogP contribution in [0.3, 0.4) is 0 Å². The van der Waals surface area contributed by atoms with Gasteiger partial charge in [-0.1, -0.05) is 53.4 Å². The van der Waals surface area contributed by atoms with Crippen LogP contribution in [0.2, 0.25) is 0 Å². The number of amides is 2. The third-order valence-corrected chi connectivity index (χ3v) is 8.32. The number of nitrogens with one attached hydrogen (secondary N) is 2. The maximum absolute atomic E-state index is 12.1. The maximum Gasteiger partial charge on any atom is 0.281 e. The molecule has 12 heteroatoms. The predicted octanol–water partition coefficient (Wildman–Crippen LogP) is 3.03. The number of nitriles is 1. The highest BCUT2D eigenvalue weighted by molar-refractivity contribution is 7.78. The van der Waals surface area contributed by atoms with E-state index >= 15 is 0 Å². The normalized spacial score (nSPS) is 18.7. The highest BCUT2D eigenvalue weighted by Crippen LogP contribution is 2.32. The van der Waals surface area contributed by atoms with Gasteiger partial charge in [0.05, 0.1) is 12.1 Å². The van der Waals surface area contributed by atoms with Gasteiger partial charge in [0.1, 0.15) is 29.1 Å². The second-order valence-electron chi connectivity index (χ2n) is 9.93. The van der Waals surface area contributed by atoms with Crippen molar-refractivity contribution in [2.75, 3.05) is 20.6 Å². The Morgan fingerprint density at radius 1 is 1.34 bits per heavy atom. The van der Waals surface area contributed by atoms with Crippen LogP contribution in [-0.4, -0.2) is 76.8 Å². The first-order valence-electron chi connectivity index (χ1n) is 12.9. The lowest BCUT2D eigenvalue weighted by atomic mass is 9.96. The van der Waals surface area contributed by atoms with E-state index in [0.717, 1.165) is 38.5 Å². The summed E-state index contributed by atoms with van der Waals surface area (Å²) in [6.45, 7) is 10.4. The van der Waals surface area contributed by atoms with Gasteiger partial charge in [0.15, 0.2) is 0 Å². The van der Waals surface area contributed by atoms with Crippen LogP contribution in [0, 0.1) is 23.2 Å². The molecular weight excluding hydrogens is 524 g/mol. The number of carbonyl (C=O) groups excluding carboxylic acids is 4. The number of aldehydes is 1. The average molecular weight is 567 g/mol. The van der Waals surface area contributed by atoms with Gasteiger partial charge >= 0.3 is 0 Å². The number of thiazole rings is 1. The zero-order valence-corrected chi connectivity index (χ0v) is 25.1. The van der Waals surface area contributed by atoms with Crippen molar-refractivity contribution in [2.45, 2.75) is 84.5 Å². The first-order valence-corrected chi connectivity index (χ1v) is 14.2. The van der Waals surface area contributed by atoms with Crippen LogP contribution in [0.5, 0.6) is 0 Å². The standard InChI is InChI=1S/C13H18N4O2S2.C13H24N2O2/c1-7(2)11(15-4)12(17(20)8(3)18)13-16-9(6-21-13)10(19)5-14;1-4-10(2)11(9-16)14-13(17)12-7-5-6-8-15(12)3/h6-7,11-12,15,20H,1-4H3;9-12H,4-8H2,1-3H3,(H,14,17). The van der Waals surface area contributed by atoms with Crippen molar-refractivity contribution in [3.63, 3.8) is 0 Å². The van der Waals surface area contributed by atoms with Crippen molar-refractivity contribution in [1.82, 2.24) is 24.8 Å². The van der Waals surface area contributed by atoms with Crippen molar-refractivity contribution in [3.05, 3.63) is 16.1 Å². The first kappa shape index (κ1) is 33.7. The molecule has 2 rings (SSSR count). The van der Waals surface area contributed by atoms with Crippen molar-refractivity contribution < 1.29 is 19.2 Å². The molecule has 0 bridgehead atoms. The molecule has 2 heterocycles. The third kappa shape index (κ3) is 9.45. The monoisotopic (exact) mass is 566 g/mol. The number of piperidine rings is 1. The molecule has 1 aromatic rings. The number of aromatic nitrogens is 1. The molecule has 5 atom stereocenters. The van der Waals surface area contributed by atoms with Gasteiger partial charge in [-0.05, 0) is 45.3 Å². The van der Waals surface area contributed by atoms with Gasteiger partial charge < -0.3 is 15.4 Å². The van der Waals surface area contributed by atoms with Crippen LogP contribution < -0.4 is 10.6 Å². The summed E-state index contributed by atoms with van der Waals surface area (Å²) in [4.78, 5) is 52.4. The molecule has 0 saturated carbocycles. The molecular formula is C26H42N6O4S2. The lowest BCUT2D eigenvalue weighted by molar-refractivity contribution is -0.130. The van der Waals surface area contributed by atoms with Gasteiger partial charge in [0.2, 0.25) is 11.8 Å². The molecule has 0 aliphatic carbocycles. The minimum absolute atomic E-state index is 0.00426. The van der Waals surface area contributed by atoms with Crippen LogP contribution in [0.1, 0.15) is 81.8 Å². The SMILES string of the molecule is CCC(C)C(C=O)NC(=O)C1CCCCN1C.CNC(C(C)C)C(c1nc(C(=O)C#N)cs1)N(S)C(C)=O. The molecule has 212 valence electrons. The molecule has 1 aromatic heterocycles. The Hall–Kier alpha value is -2.33. The van der Waals surface area contributed by atoms with Crippen LogP contribution in [0.25, 0.3) is 0 Å². The zero-order valence-electron chi connectivity index (χ0n) is 23.4. The van der Waals surface area contributed by atoms with E-state index in [1.54, 1.807) is 13.1 Å². The second kappa shape index (κ2) is 16.6. The van der Waals surface area contributed by atoms with Crippen LogP contribution in [0.4, 0.5) is 0 Å². The number of likely N-dealkylation sites (N-methyl/N-ethyl adjacent to an activating group) is 2. The van der Waals surface area contributed by atoms with E-state index in [-0.39, 0.29) is 47.5 Å². The van der Waals surface area contributed by atoms with E-state index in [4.69, 9.17) is 5.26 Å². The highest BCUT2D eigenvalue weighted by Gasteiger charge is 2.33. The lowest BCUT2D eigenvalue weighted by Crippen LogP contribution is -2.52. The minimum atomic E-state index is -0.685. The Morgan fingerprint density at radius 2 is 2.00 bits per heavy atom. The van der Waals surface area contributed by atoms with Gasteiger partial charge in [0.25, 0.3) is 5.78 Å². The fraction of sp³-hybridized carbons (Fsp3) is 0.692. The molecule has 0 spiro atoms. The number of likely N-dealkylation sites (tertiary alicyclic amines) is 1. The van der Waals surface area contributed by atoms with E-state index < -0.39 is 11.8 Å². The van der Waals surface area contributed by atoms with Gasteiger partial charge in [0, 0.05) is 18.3 Å². The van der Waals surface area contributed by atoms with Gasteiger partial charge in [-0.2, -0.15) is 5.26 Å². The number of hydrogen-bond donors (Lipinski definition) is 3. The van der Waals surface area contributed by atoms with Crippen LogP contribution >= 0.6 is 24.2 Å². The summed E-state index contributed by atoms with van der Waals surface area (Å²) >= 11 is 5.51. The summed E-state index contributed by atoms with van der Waals surface area (Å²) in [7, 11) is 3.77. The number of ketones is 1. The zero-order chi connectivity index (χ0) is 29.0. The summed E-state index contributed by atoms with van der Waals surface area (Å²) in [6.07, 6.45) is 4.90. The van der Waals surface area contributed by atoms with E-state index in [1.807, 2.05) is 34.7 Å². The van der Waals surface area contributed by atoms with Crippen LogP contribution in [0.15, 0.2) is 5.38 Å². The minimum Gasteiger partial charge on any atom is -0.345 e. The number of carbonyl (C=O) groups is 4. The van der Waals surface area contributed by atoms with Gasteiger partial charge in [-0.3, -0.25) is 23.6 Å². The lowest BCUT2D eigenvalue weighted by Gasteiger charge is -2.33. The van der Waals surface area contributed by atoms with E-state index in [2.05, 4.69) is 33.3 Å². The largest absolute Gasteiger partial charge is 0.345 e. The summed E-state index contributed by atoms with van der Waals surface area (Å²) < 4.78 is 1.31. The molecule has 2 N–H and O–H groups in total. The summed E-state index contributed by atoms with van der Waals surface area (Å²) in [5.41, 5.74) is 0.103. The molecule has 38 heavy (non-hydrogen) atoms. The maximum atomic E-state index is 12.1. The molecule has 1 aliphatic heterocycles. The molecule has 0 radical (unpaired) electrons. The molecule has 1 saturated heterocycles.